The van der Waals surface area contributed by atoms with Gasteiger partial charge in [0.2, 0.25) is 0 Å². The van der Waals surface area contributed by atoms with Gasteiger partial charge in [-0.2, -0.15) is 5.26 Å². The second kappa shape index (κ2) is 9.58. The summed E-state index contributed by atoms with van der Waals surface area (Å²) in [5.41, 5.74) is 2.56. The molecule has 0 spiro atoms. The monoisotopic (exact) mass is 390 g/mol. The highest BCUT2D eigenvalue weighted by molar-refractivity contribution is 5.76. The van der Waals surface area contributed by atoms with Crippen molar-refractivity contribution >= 4 is 0 Å². The lowest BCUT2D eigenvalue weighted by molar-refractivity contribution is 0.0890. The van der Waals surface area contributed by atoms with E-state index < -0.39 is 5.56 Å². The minimum atomic E-state index is -0.421. The third-order valence-electron chi connectivity index (χ3n) is 4.36. The molecule has 6 nitrogen and oxygen atoms in total. The fourth-order valence-electron chi connectivity index (χ4n) is 2.96. The summed E-state index contributed by atoms with van der Waals surface area (Å²) >= 11 is 0. The van der Waals surface area contributed by atoms with Crippen LogP contribution in [0, 0.1) is 18.3 Å². The first-order valence-electron chi connectivity index (χ1n) is 9.19. The number of nitrogens with one attached hydrogen (secondary N) is 1. The molecule has 0 radical (unpaired) electrons. The van der Waals surface area contributed by atoms with E-state index in [0.717, 1.165) is 5.56 Å². The summed E-state index contributed by atoms with van der Waals surface area (Å²) in [4.78, 5) is 14.8. The van der Waals surface area contributed by atoms with Gasteiger partial charge >= 0.3 is 0 Å². The van der Waals surface area contributed by atoms with Crippen molar-refractivity contribution in [2.75, 3.05) is 20.3 Å². The lowest BCUT2D eigenvalue weighted by Crippen LogP contribution is -2.13. The van der Waals surface area contributed by atoms with Gasteiger partial charge in [0, 0.05) is 22.9 Å². The van der Waals surface area contributed by atoms with Crippen molar-refractivity contribution in [3.8, 4) is 28.7 Å². The Morgan fingerprint density at radius 3 is 2.55 bits per heavy atom. The van der Waals surface area contributed by atoms with Crippen LogP contribution >= 0.6 is 0 Å². The molecular weight excluding hydrogens is 368 g/mol. The second-order valence-electron chi connectivity index (χ2n) is 6.43. The van der Waals surface area contributed by atoms with E-state index in [9.17, 15) is 10.1 Å². The summed E-state index contributed by atoms with van der Waals surface area (Å²) in [6.07, 6.45) is 0. The molecule has 0 aliphatic rings. The minimum Gasteiger partial charge on any atom is -0.497 e. The van der Waals surface area contributed by atoms with Crippen LogP contribution in [0.4, 0.5) is 0 Å². The number of pyridine rings is 1. The van der Waals surface area contributed by atoms with Gasteiger partial charge in [-0.3, -0.25) is 4.79 Å². The summed E-state index contributed by atoms with van der Waals surface area (Å²) < 4.78 is 16.9. The SMILES string of the molecule is COc1ccc(-c2cc(C)[nH]c(=O)c2C#N)c(OCCOCc2ccccc2)c1. The molecule has 0 saturated heterocycles. The average molecular weight is 390 g/mol. The molecule has 1 heterocycles. The molecule has 29 heavy (non-hydrogen) atoms. The van der Waals surface area contributed by atoms with Crippen molar-refractivity contribution in [2.24, 2.45) is 0 Å². The standard InChI is InChI=1S/C23H22N2O4/c1-16-12-20(21(14-24)23(26)25-16)19-9-8-18(27-2)13-22(19)29-11-10-28-15-17-6-4-3-5-7-17/h3-9,12-13H,10-11,15H2,1-2H3,(H,25,26). The van der Waals surface area contributed by atoms with E-state index in [2.05, 4.69) is 4.98 Å². The maximum absolute atomic E-state index is 12.2. The third-order valence-corrected chi connectivity index (χ3v) is 4.36. The van der Waals surface area contributed by atoms with Crippen LogP contribution in [-0.2, 0) is 11.3 Å². The maximum atomic E-state index is 12.2. The summed E-state index contributed by atoms with van der Waals surface area (Å²) in [5.74, 6) is 1.14. The Bertz CT molecular complexity index is 1070. The topological polar surface area (TPSA) is 84.3 Å². The first-order chi connectivity index (χ1) is 14.1. The quantitative estimate of drug-likeness (QED) is 0.591. The predicted octanol–water partition coefficient (Wildman–Crippen LogP) is 3.83. The normalized spacial score (nSPS) is 10.4. The van der Waals surface area contributed by atoms with Gasteiger partial charge in [-0.25, -0.2) is 0 Å². The summed E-state index contributed by atoms with van der Waals surface area (Å²) in [6, 6.07) is 18.9. The zero-order valence-electron chi connectivity index (χ0n) is 16.4. The Kier molecular flexibility index (Phi) is 6.67. The van der Waals surface area contributed by atoms with Crippen LogP contribution in [-0.4, -0.2) is 25.3 Å². The highest BCUT2D eigenvalue weighted by Crippen LogP contribution is 2.34. The number of aromatic amines is 1. The number of aryl methyl sites for hydroxylation is 1. The molecule has 1 aromatic heterocycles. The average Bonchev–Trinajstić information content (AvgIpc) is 2.73. The Hall–Kier alpha value is -3.56. The van der Waals surface area contributed by atoms with Crippen molar-refractivity contribution in [1.29, 1.82) is 5.26 Å². The number of hydrogen-bond acceptors (Lipinski definition) is 5. The van der Waals surface area contributed by atoms with E-state index in [1.807, 2.05) is 36.4 Å². The van der Waals surface area contributed by atoms with Crippen LogP contribution in [0.25, 0.3) is 11.1 Å². The van der Waals surface area contributed by atoms with Gasteiger partial charge in [0.1, 0.15) is 29.7 Å². The summed E-state index contributed by atoms with van der Waals surface area (Å²) in [6.45, 7) is 2.98. The number of aromatic nitrogens is 1. The van der Waals surface area contributed by atoms with Gasteiger partial charge < -0.3 is 19.2 Å². The van der Waals surface area contributed by atoms with Crippen LogP contribution in [0.5, 0.6) is 11.5 Å². The van der Waals surface area contributed by atoms with Crippen LogP contribution in [0.1, 0.15) is 16.8 Å². The highest BCUT2D eigenvalue weighted by Gasteiger charge is 2.15. The number of H-pyrrole nitrogens is 1. The molecule has 1 N–H and O–H groups in total. The largest absolute Gasteiger partial charge is 0.497 e. The number of benzene rings is 2. The van der Waals surface area contributed by atoms with Crippen molar-refractivity contribution in [2.45, 2.75) is 13.5 Å². The second-order valence-corrected chi connectivity index (χ2v) is 6.43. The molecule has 6 heteroatoms. The van der Waals surface area contributed by atoms with E-state index in [1.165, 1.54) is 0 Å². The molecular formula is C23H22N2O4. The first kappa shape index (κ1) is 20.2. The predicted molar refractivity (Wildman–Crippen MR) is 110 cm³/mol. The van der Waals surface area contributed by atoms with Crippen LogP contribution in [0.2, 0.25) is 0 Å². The number of methoxy groups -OCH3 is 1. The molecule has 2 aromatic carbocycles. The molecule has 0 fully saturated rings. The van der Waals surface area contributed by atoms with E-state index in [-0.39, 0.29) is 5.56 Å². The van der Waals surface area contributed by atoms with Crippen molar-refractivity contribution in [3.63, 3.8) is 0 Å². The van der Waals surface area contributed by atoms with Crippen LogP contribution in [0.15, 0.2) is 59.4 Å². The summed E-state index contributed by atoms with van der Waals surface area (Å²) in [5, 5.41) is 9.44. The molecule has 0 saturated carbocycles. The first-order valence-corrected chi connectivity index (χ1v) is 9.19. The zero-order chi connectivity index (χ0) is 20.6. The maximum Gasteiger partial charge on any atom is 0.266 e. The summed E-state index contributed by atoms with van der Waals surface area (Å²) in [7, 11) is 1.57. The van der Waals surface area contributed by atoms with Gasteiger partial charge in [-0.15, -0.1) is 0 Å². The Morgan fingerprint density at radius 1 is 1.03 bits per heavy atom. The van der Waals surface area contributed by atoms with Gasteiger partial charge in [0.15, 0.2) is 0 Å². The number of nitrogens with zero attached hydrogens (tertiary/aromatic N) is 1. The molecule has 0 aliphatic heterocycles. The Labute approximate surface area is 169 Å². The molecule has 3 aromatic rings. The Morgan fingerprint density at radius 2 is 1.83 bits per heavy atom. The molecule has 0 atom stereocenters. The number of hydrogen-bond donors (Lipinski definition) is 1. The van der Waals surface area contributed by atoms with E-state index in [4.69, 9.17) is 14.2 Å². The fourth-order valence-corrected chi connectivity index (χ4v) is 2.96. The third kappa shape index (κ3) is 5.03. The van der Waals surface area contributed by atoms with Gasteiger partial charge in [-0.1, -0.05) is 30.3 Å². The van der Waals surface area contributed by atoms with Crippen molar-refractivity contribution < 1.29 is 14.2 Å². The molecule has 0 unspecified atom stereocenters. The molecule has 0 aliphatic carbocycles. The van der Waals surface area contributed by atoms with Crippen molar-refractivity contribution in [1.82, 2.24) is 4.98 Å². The minimum absolute atomic E-state index is 0.0472. The van der Waals surface area contributed by atoms with E-state index in [1.54, 1.807) is 38.3 Å². The van der Waals surface area contributed by atoms with Crippen molar-refractivity contribution in [3.05, 3.63) is 81.8 Å². The molecule has 0 bridgehead atoms. The van der Waals surface area contributed by atoms with Gasteiger partial charge in [0.05, 0.1) is 20.3 Å². The Balaban J connectivity index is 1.78. The van der Waals surface area contributed by atoms with Gasteiger partial charge in [-0.05, 0) is 30.7 Å². The number of rotatable bonds is 8. The molecule has 148 valence electrons. The van der Waals surface area contributed by atoms with Gasteiger partial charge in [0.25, 0.3) is 5.56 Å². The number of ether oxygens (including phenoxy) is 3. The van der Waals surface area contributed by atoms with E-state index in [0.29, 0.717) is 48.1 Å². The number of nitriles is 1. The smallest absolute Gasteiger partial charge is 0.266 e. The fraction of sp³-hybridized carbons (Fsp3) is 0.217. The zero-order valence-corrected chi connectivity index (χ0v) is 16.4. The lowest BCUT2D eigenvalue weighted by Gasteiger charge is -2.14. The van der Waals surface area contributed by atoms with Crippen LogP contribution < -0.4 is 15.0 Å². The highest BCUT2D eigenvalue weighted by atomic mass is 16.5. The lowest BCUT2D eigenvalue weighted by atomic mass is 10.00. The molecule has 3 rings (SSSR count). The van der Waals surface area contributed by atoms with Crippen LogP contribution in [0.3, 0.4) is 0 Å². The van der Waals surface area contributed by atoms with E-state index >= 15 is 0 Å². The molecule has 0 amide bonds.